The summed E-state index contributed by atoms with van der Waals surface area (Å²) in [5, 5.41) is 13.3. The smallest absolute Gasteiger partial charge is 0.408 e. The third-order valence-electron chi connectivity index (χ3n) is 2.48. The first kappa shape index (κ1) is 16.1. The molecule has 21 heavy (non-hydrogen) atoms. The van der Waals surface area contributed by atoms with Crippen LogP contribution in [-0.4, -0.2) is 31.8 Å². The molecule has 1 aromatic carbocycles. The van der Waals surface area contributed by atoms with Crippen LogP contribution < -0.4 is 14.8 Å². The number of nitrogens with one attached hydrogen (secondary N) is 1. The van der Waals surface area contributed by atoms with E-state index in [1.54, 1.807) is 0 Å². The maximum Gasteiger partial charge on any atom is 0.408 e. The summed E-state index contributed by atoms with van der Waals surface area (Å²) in [6.07, 6.45) is 4.21. The average molecular weight is 294 g/mol. The summed E-state index contributed by atoms with van der Waals surface area (Å²) in [6.45, 7) is -0.292. The maximum absolute atomic E-state index is 11.3. The zero-order valence-electron chi connectivity index (χ0n) is 11.5. The number of nitrogens with zero attached hydrogens (tertiary/aromatic N) is 1. The molecular formula is C13H14N2O6. The van der Waals surface area contributed by atoms with Crippen LogP contribution in [0.2, 0.25) is 0 Å². The lowest BCUT2D eigenvalue weighted by Gasteiger charge is -2.11. The van der Waals surface area contributed by atoms with Crippen LogP contribution >= 0.6 is 0 Å². The Morgan fingerprint density at radius 2 is 2.00 bits per heavy atom. The minimum atomic E-state index is -0.767. The van der Waals surface area contributed by atoms with Gasteiger partial charge in [-0.15, -0.1) is 6.42 Å². The summed E-state index contributed by atoms with van der Waals surface area (Å²) < 4.78 is 14.9. The number of nitro groups is 1. The van der Waals surface area contributed by atoms with Crippen LogP contribution in [0.15, 0.2) is 12.1 Å². The Bertz CT molecular complexity index is 579. The Morgan fingerprint density at radius 3 is 2.52 bits per heavy atom. The second-order valence-electron chi connectivity index (χ2n) is 3.73. The third-order valence-corrected chi connectivity index (χ3v) is 2.48. The van der Waals surface area contributed by atoms with Gasteiger partial charge in [-0.2, -0.15) is 0 Å². The van der Waals surface area contributed by atoms with Crippen LogP contribution in [0.25, 0.3) is 0 Å². The van der Waals surface area contributed by atoms with E-state index in [-0.39, 0.29) is 30.2 Å². The molecule has 0 aliphatic heterocycles. The van der Waals surface area contributed by atoms with E-state index < -0.39 is 11.0 Å². The minimum Gasteiger partial charge on any atom is -0.493 e. The van der Waals surface area contributed by atoms with Gasteiger partial charge in [0.1, 0.15) is 6.61 Å². The molecule has 8 nitrogen and oxygen atoms in total. The summed E-state index contributed by atoms with van der Waals surface area (Å²) in [5.41, 5.74) is -0.0640. The van der Waals surface area contributed by atoms with Crippen LogP contribution in [0.4, 0.5) is 10.5 Å². The summed E-state index contributed by atoms with van der Waals surface area (Å²) in [6, 6.07) is 2.59. The predicted molar refractivity (Wildman–Crippen MR) is 73.2 cm³/mol. The molecule has 0 fully saturated rings. The first-order valence-electron chi connectivity index (χ1n) is 5.76. The van der Waals surface area contributed by atoms with Gasteiger partial charge in [-0.3, -0.25) is 10.1 Å². The number of alkyl carbamates (subject to hydrolysis) is 1. The van der Waals surface area contributed by atoms with Crippen LogP contribution in [0.1, 0.15) is 5.56 Å². The lowest BCUT2D eigenvalue weighted by Crippen LogP contribution is -2.24. The number of methoxy groups -OCH3 is 2. The molecule has 0 spiro atoms. The van der Waals surface area contributed by atoms with Gasteiger partial charge in [-0.05, 0) is 6.07 Å². The van der Waals surface area contributed by atoms with E-state index in [2.05, 4.69) is 11.2 Å². The molecule has 0 bridgehead atoms. The molecule has 1 rings (SSSR count). The fourth-order valence-corrected chi connectivity index (χ4v) is 1.51. The Kier molecular flexibility index (Phi) is 5.82. The Balaban J connectivity index is 2.96. The van der Waals surface area contributed by atoms with Crippen molar-refractivity contribution in [2.45, 2.75) is 6.61 Å². The number of benzene rings is 1. The number of hydrogen-bond donors (Lipinski definition) is 1. The molecule has 112 valence electrons. The standard InChI is InChI=1S/C13H14N2O6/c1-4-5-14-13(16)21-8-9-6-11(19-2)12(20-3)7-10(9)15(17)18/h1,6-7H,5,8H2,2-3H3,(H,14,16). The van der Waals surface area contributed by atoms with Crippen molar-refractivity contribution in [3.8, 4) is 23.8 Å². The van der Waals surface area contributed by atoms with E-state index in [1.807, 2.05) is 0 Å². The zero-order chi connectivity index (χ0) is 15.8. The highest BCUT2D eigenvalue weighted by molar-refractivity contribution is 5.67. The van der Waals surface area contributed by atoms with Crippen LogP contribution in [0.5, 0.6) is 11.5 Å². The number of amides is 1. The number of terminal acetylenes is 1. The van der Waals surface area contributed by atoms with Crippen molar-refractivity contribution < 1.29 is 23.9 Å². The molecule has 0 radical (unpaired) electrons. The van der Waals surface area contributed by atoms with Crippen molar-refractivity contribution in [3.05, 3.63) is 27.8 Å². The van der Waals surface area contributed by atoms with Gasteiger partial charge in [0.15, 0.2) is 11.5 Å². The molecule has 8 heteroatoms. The fourth-order valence-electron chi connectivity index (χ4n) is 1.51. The van der Waals surface area contributed by atoms with E-state index in [1.165, 1.54) is 26.4 Å². The second kappa shape index (κ2) is 7.59. The molecule has 0 unspecified atom stereocenters. The van der Waals surface area contributed by atoms with Crippen LogP contribution in [0, 0.1) is 22.5 Å². The molecule has 1 amide bonds. The number of hydrogen-bond acceptors (Lipinski definition) is 6. The fraction of sp³-hybridized carbons (Fsp3) is 0.308. The molecule has 0 saturated heterocycles. The SMILES string of the molecule is C#CCNC(=O)OCc1cc(OC)c(OC)cc1[N+](=O)[O-]. The zero-order valence-corrected chi connectivity index (χ0v) is 11.5. The van der Waals surface area contributed by atoms with Crippen molar-refractivity contribution in [1.29, 1.82) is 0 Å². The monoisotopic (exact) mass is 294 g/mol. The summed E-state index contributed by atoms with van der Waals surface area (Å²) >= 11 is 0. The van der Waals surface area contributed by atoms with Crippen molar-refractivity contribution in [2.24, 2.45) is 0 Å². The molecular weight excluding hydrogens is 280 g/mol. The van der Waals surface area contributed by atoms with E-state index in [4.69, 9.17) is 20.6 Å². The summed E-state index contributed by atoms with van der Waals surface area (Å²) in [5.74, 6) is 2.71. The van der Waals surface area contributed by atoms with Gasteiger partial charge in [-0.25, -0.2) is 4.79 Å². The highest BCUT2D eigenvalue weighted by atomic mass is 16.6. The van der Waals surface area contributed by atoms with Gasteiger partial charge in [0.2, 0.25) is 0 Å². The highest BCUT2D eigenvalue weighted by Crippen LogP contribution is 2.34. The molecule has 0 heterocycles. The third kappa shape index (κ3) is 4.28. The molecule has 1 aromatic rings. The molecule has 1 N–H and O–H groups in total. The van der Waals surface area contributed by atoms with Crippen molar-refractivity contribution in [2.75, 3.05) is 20.8 Å². The largest absolute Gasteiger partial charge is 0.493 e. The summed E-state index contributed by atoms with van der Waals surface area (Å²) in [7, 11) is 2.76. The van der Waals surface area contributed by atoms with Gasteiger partial charge < -0.3 is 19.5 Å². The quantitative estimate of drug-likeness (QED) is 0.484. The Labute approximate surface area is 121 Å². The molecule has 0 saturated carbocycles. The van der Waals surface area contributed by atoms with Crippen molar-refractivity contribution in [3.63, 3.8) is 0 Å². The van der Waals surface area contributed by atoms with E-state index in [0.717, 1.165) is 0 Å². The lowest BCUT2D eigenvalue weighted by atomic mass is 10.1. The van der Waals surface area contributed by atoms with E-state index in [9.17, 15) is 14.9 Å². The average Bonchev–Trinajstić information content (AvgIpc) is 2.49. The molecule has 0 aromatic heterocycles. The first-order chi connectivity index (χ1) is 10.0. The normalized spacial score (nSPS) is 9.38. The Morgan fingerprint density at radius 1 is 1.38 bits per heavy atom. The van der Waals surface area contributed by atoms with Gasteiger partial charge in [-0.1, -0.05) is 5.92 Å². The van der Waals surface area contributed by atoms with Gasteiger partial charge in [0, 0.05) is 0 Å². The predicted octanol–water partition coefficient (Wildman–Crippen LogP) is 1.47. The lowest BCUT2D eigenvalue weighted by molar-refractivity contribution is -0.385. The second-order valence-corrected chi connectivity index (χ2v) is 3.73. The number of nitro benzene ring substituents is 1. The number of rotatable bonds is 6. The van der Waals surface area contributed by atoms with Crippen molar-refractivity contribution in [1.82, 2.24) is 5.32 Å². The molecule has 0 aliphatic rings. The Hall–Kier alpha value is -2.95. The highest BCUT2D eigenvalue weighted by Gasteiger charge is 2.20. The first-order valence-corrected chi connectivity index (χ1v) is 5.76. The van der Waals surface area contributed by atoms with E-state index >= 15 is 0 Å². The molecule has 0 atom stereocenters. The van der Waals surface area contributed by atoms with Gasteiger partial charge >= 0.3 is 6.09 Å². The van der Waals surface area contributed by atoms with Gasteiger partial charge in [0.05, 0.1) is 37.3 Å². The minimum absolute atomic E-state index is 0.00681. The summed E-state index contributed by atoms with van der Waals surface area (Å²) in [4.78, 5) is 21.7. The van der Waals surface area contributed by atoms with E-state index in [0.29, 0.717) is 5.75 Å². The van der Waals surface area contributed by atoms with Crippen LogP contribution in [0.3, 0.4) is 0 Å². The maximum atomic E-state index is 11.3. The molecule has 0 aliphatic carbocycles. The number of carbonyl (C=O) groups is 1. The number of carbonyl (C=O) groups excluding carboxylic acids is 1. The van der Waals surface area contributed by atoms with Gasteiger partial charge in [0.25, 0.3) is 5.69 Å². The van der Waals surface area contributed by atoms with Crippen LogP contribution in [-0.2, 0) is 11.3 Å². The topological polar surface area (TPSA) is 99.9 Å². The van der Waals surface area contributed by atoms with Crippen molar-refractivity contribution >= 4 is 11.8 Å². The number of ether oxygens (including phenoxy) is 3.